The van der Waals surface area contributed by atoms with Crippen LogP contribution in [0, 0.1) is 11.8 Å². The molecule has 1 aliphatic carbocycles. The summed E-state index contributed by atoms with van der Waals surface area (Å²) in [4.78, 5) is 36.9. The fraction of sp³-hybridized carbons (Fsp3) is 0.542. The minimum Gasteiger partial charge on any atom is -0.497 e. The molecular formula is C24H31NO8. The third-order valence-corrected chi connectivity index (χ3v) is 5.52. The van der Waals surface area contributed by atoms with Gasteiger partial charge in [-0.05, 0) is 57.9 Å². The Morgan fingerprint density at radius 3 is 2.42 bits per heavy atom. The maximum atomic E-state index is 13.0. The first-order valence-corrected chi connectivity index (χ1v) is 11.0. The maximum absolute atomic E-state index is 13.0. The molecule has 4 atom stereocenters. The molecule has 0 radical (unpaired) electrons. The van der Waals surface area contributed by atoms with Crippen molar-refractivity contribution < 1.29 is 38.1 Å². The number of esters is 1. The monoisotopic (exact) mass is 461 g/mol. The van der Waals surface area contributed by atoms with Gasteiger partial charge in [0.25, 0.3) is 0 Å². The molecule has 1 aromatic rings. The van der Waals surface area contributed by atoms with Crippen LogP contribution in [0.3, 0.4) is 0 Å². The summed E-state index contributed by atoms with van der Waals surface area (Å²) in [6, 6.07) is 6.91. The number of nitrogens with one attached hydrogen (secondary N) is 1. The van der Waals surface area contributed by atoms with Gasteiger partial charge < -0.3 is 29.0 Å². The lowest BCUT2D eigenvalue weighted by Gasteiger charge is -2.41. The molecule has 0 aromatic heterocycles. The Bertz CT molecular complexity index is 902. The van der Waals surface area contributed by atoms with E-state index >= 15 is 0 Å². The van der Waals surface area contributed by atoms with E-state index in [9.17, 15) is 14.4 Å². The first-order chi connectivity index (χ1) is 15.6. The SMILES string of the molecule is COc1ccc(OC2=COC3C(CCC(OC(=O)CNC(=O)OC(C)(C)C)C3C)C2=O)cc1. The van der Waals surface area contributed by atoms with Crippen molar-refractivity contribution in [2.45, 2.75) is 58.3 Å². The predicted octanol–water partition coefficient (Wildman–Crippen LogP) is 3.37. The summed E-state index contributed by atoms with van der Waals surface area (Å²) in [7, 11) is 1.57. The molecular weight excluding hydrogens is 430 g/mol. The van der Waals surface area contributed by atoms with Crippen LogP contribution in [-0.2, 0) is 23.8 Å². The average molecular weight is 462 g/mol. The molecule has 1 fully saturated rings. The van der Waals surface area contributed by atoms with Crippen LogP contribution in [0.4, 0.5) is 4.79 Å². The van der Waals surface area contributed by atoms with Gasteiger partial charge in [0.2, 0.25) is 11.5 Å². The lowest BCUT2D eigenvalue weighted by molar-refractivity contribution is -0.161. The van der Waals surface area contributed by atoms with Gasteiger partial charge in [0.05, 0.1) is 13.0 Å². The second-order valence-electron chi connectivity index (χ2n) is 9.15. The number of carbonyl (C=O) groups excluding carboxylic acids is 3. The van der Waals surface area contributed by atoms with Crippen LogP contribution < -0.4 is 14.8 Å². The highest BCUT2D eigenvalue weighted by Gasteiger charge is 2.46. The van der Waals surface area contributed by atoms with Gasteiger partial charge in [-0.3, -0.25) is 9.59 Å². The van der Waals surface area contributed by atoms with Gasteiger partial charge in [-0.2, -0.15) is 0 Å². The van der Waals surface area contributed by atoms with Gasteiger partial charge >= 0.3 is 12.1 Å². The van der Waals surface area contributed by atoms with Gasteiger partial charge in [-0.15, -0.1) is 0 Å². The summed E-state index contributed by atoms with van der Waals surface area (Å²) < 4.78 is 27.3. The van der Waals surface area contributed by atoms with Gasteiger partial charge in [0.1, 0.15) is 42.1 Å². The summed E-state index contributed by atoms with van der Waals surface area (Å²) >= 11 is 0. The quantitative estimate of drug-likeness (QED) is 0.643. The molecule has 0 bridgehead atoms. The highest BCUT2D eigenvalue weighted by atomic mass is 16.6. The van der Waals surface area contributed by atoms with Crippen LogP contribution in [0.2, 0.25) is 0 Å². The molecule has 1 aliphatic heterocycles. The number of fused-ring (bicyclic) bond motifs is 1. The Morgan fingerprint density at radius 2 is 1.79 bits per heavy atom. The Kier molecular flexibility index (Phi) is 7.50. The van der Waals surface area contributed by atoms with Gasteiger partial charge in [0, 0.05) is 5.92 Å². The van der Waals surface area contributed by atoms with Gasteiger partial charge in [-0.25, -0.2) is 4.79 Å². The van der Waals surface area contributed by atoms with E-state index in [4.69, 9.17) is 23.7 Å². The van der Waals surface area contributed by atoms with Crippen LogP contribution >= 0.6 is 0 Å². The first-order valence-electron chi connectivity index (χ1n) is 11.0. The minimum absolute atomic E-state index is 0.134. The molecule has 1 aromatic carbocycles. The van der Waals surface area contributed by atoms with E-state index in [0.717, 1.165) is 0 Å². The molecule has 0 saturated heterocycles. The summed E-state index contributed by atoms with van der Waals surface area (Å²) in [5, 5.41) is 2.39. The van der Waals surface area contributed by atoms with Crippen LogP contribution in [0.25, 0.3) is 0 Å². The smallest absolute Gasteiger partial charge is 0.408 e. The highest BCUT2D eigenvalue weighted by Crippen LogP contribution is 2.38. The molecule has 1 saturated carbocycles. The van der Waals surface area contributed by atoms with Crippen LogP contribution in [0.1, 0.15) is 40.5 Å². The number of rotatable bonds is 6. The summed E-state index contributed by atoms with van der Waals surface area (Å²) in [5.41, 5.74) is -0.658. The van der Waals surface area contributed by atoms with Crippen molar-refractivity contribution in [2.75, 3.05) is 13.7 Å². The van der Waals surface area contributed by atoms with Crippen molar-refractivity contribution in [1.82, 2.24) is 5.32 Å². The van der Waals surface area contributed by atoms with Crippen LogP contribution in [0.5, 0.6) is 11.5 Å². The number of ketones is 1. The number of benzene rings is 1. The normalized spacial score (nSPS) is 24.5. The number of amides is 1. The number of hydrogen-bond acceptors (Lipinski definition) is 8. The molecule has 0 spiro atoms. The highest BCUT2D eigenvalue weighted by molar-refractivity contribution is 5.96. The fourth-order valence-electron chi connectivity index (χ4n) is 3.91. The molecule has 1 amide bonds. The van der Waals surface area contributed by atoms with E-state index < -0.39 is 29.9 Å². The predicted molar refractivity (Wildman–Crippen MR) is 118 cm³/mol. The van der Waals surface area contributed by atoms with Crippen LogP contribution in [0.15, 0.2) is 36.3 Å². The number of carbonyl (C=O) groups is 3. The average Bonchev–Trinajstić information content (AvgIpc) is 2.75. The first kappa shape index (κ1) is 24.4. The van der Waals surface area contributed by atoms with E-state index in [1.54, 1.807) is 52.1 Å². The second-order valence-corrected chi connectivity index (χ2v) is 9.15. The zero-order valence-corrected chi connectivity index (χ0v) is 19.6. The topological polar surface area (TPSA) is 109 Å². The van der Waals surface area contributed by atoms with E-state index in [2.05, 4.69) is 5.32 Å². The lowest BCUT2D eigenvalue weighted by atomic mass is 9.74. The number of ether oxygens (including phenoxy) is 5. The van der Waals surface area contributed by atoms with E-state index in [-0.39, 0.29) is 29.9 Å². The molecule has 33 heavy (non-hydrogen) atoms. The van der Waals surface area contributed by atoms with Crippen molar-refractivity contribution in [3.63, 3.8) is 0 Å². The number of hydrogen-bond donors (Lipinski definition) is 1. The lowest BCUT2D eigenvalue weighted by Crippen LogP contribution is -2.49. The standard InChI is InChI=1S/C24H31NO8/c1-14-18(32-20(26)12-25-23(28)33-24(2,3)4)11-10-17-21(27)19(13-30-22(14)17)31-16-8-6-15(29-5)7-9-16/h6-9,13-14,17-18,22H,10-12H2,1-5H3,(H,25,28). The number of allylic oxidation sites excluding steroid dienone is 1. The van der Waals surface area contributed by atoms with Crippen molar-refractivity contribution in [2.24, 2.45) is 11.8 Å². The van der Waals surface area contributed by atoms with Crippen LogP contribution in [-0.4, -0.2) is 49.3 Å². The number of methoxy groups -OCH3 is 1. The third kappa shape index (κ3) is 6.40. The Labute approximate surface area is 193 Å². The Hall–Kier alpha value is -3.23. The molecule has 4 unspecified atom stereocenters. The van der Waals surface area contributed by atoms with Crippen molar-refractivity contribution in [1.29, 1.82) is 0 Å². The van der Waals surface area contributed by atoms with E-state index in [1.165, 1.54) is 6.26 Å². The Balaban J connectivity index is 1.54. The molecule has 9 heteroatoms. The van der Waals surface area contributed by atoms with E-state index in [1.807, 2.05) is 6.92 Å². The zero-order chi connectivity index (χ0) is 24.2. The molecule has 1 heterocycles. The number of alkyl carbamates (subject to hydrolysis) is 1. The fourth-order valence-corrected chi connectivity index (χ4v) is 3.91. The molecule has 3 rings (SSSR count). The molecule has 9 nitrogen and oxygen atoms in total. The van der Waals surface area contributed by atoms with Crippen molar-refractivity contribution in [3.05, 3.63) is 36.3 Å². The van der Waals surface area contributed by atoms with E-state index in [0.29, 0.717) is 24.3 Å². The molecule has 1 N–H and O–H groups in total. The minimum atomic E-state index is -0.688. The third-order valence-electron chi connectivity index (χ3n) is 5.52. The largest absolute Gasteiger partial charge is 0.497 e. The van der Waals surface area contributed by atoms with Crippen molar-refractivity contribution in [3.8, 4) is 11.5 Å². The maximum Gasteiger partial charge on any atom is 0.408 e. The zero-order valence-electron chi connectivity index (χ0n) is 19.6. The number of Topliss-reactive ketones (excluding diaryl/α,β-unsaturated/α-hetero) is 1. The van der Waals surface area contributed by atoms with Gasteiger partial charge in [0.15, 0.2) is 0 Å². The second kappa shape index (κ2) is 10.1. The molecule has 2 aliphatic rings. The van der Waals surface area contributed by atoms with Gasteiger partial charge in [-0.1, -0.05) is 6.92 Å². The molecule has 180 valence electrons. The summed E-state index contributed by atoms with van der Waals surface area (Å²) in [5.74, 6) is 0.0366. The summed E-state index contributed by atoms with van der Waals surface area (Å²) in [6.07, 6.45) is 0.792. The summed E-state index contributed by atoms with van der Waals surface area (Å²) in [6.45, 7) is 6.79. The van der Waals surface area contributed by atoms with Crippen molar-refractivity contribution >= 4 is 17.8 Å². The Morgan fingerprint density at radius 1 is 1.12 bits per heavy atom.